The van der Waals surface area contributed by atoms with Crippen LogP contribution in [0, 0.1) is 0 Å². The summed E-state index contributed by atoms with van der Waals surface area (Å²) in [5.74, 6) is 0. The van der Waals surface area contributed by atoms with E-state index >= 15 is 0 Å². The van der Waals surface area contributed by atoms with E-state index in [1.165, 1.54) is 43.0 Å². The van der Waals surface area contributed by atoms with Crippen molar-refractivity contribution in [2.75, 3.05) is 6.54 Å². The quantitative estimate of drug-likeness (QED) is 0.885. The zero-order valence-electron chi connectivity index (χ0n) is 11.2. The van der Waals surface area contributed by atoms with Gasteiger partial charge in [-0.1, -0.05) is 30.9 Å². The molecule has 0 spiro atoms. The van der Waals surface area contributed by atoms with Crippen LogP contribution in [0.1, 0.15) is 32.1 Å². The van der Waals surface area contributed by atoms with Crippen molar-refractivity contribution in [2.45, 2.75) is 44.7 Å². The fourth-order valence-electron chi connectivity index (χ4n) is 3.06. The van der Waals surface area contributed by atoms with Gasteiger partial charge in [-0.3, -0.25) is 0 Å². The van der Waals surface area contributed by atoms with Gasteiger partial charge in [0.25, 0.3) is 0 Å². The van der Waals surface area contributed by atoms with E-state index < -0.39 is 0 Å². The maximum absolute atomic E-state index is 6.01. The van der Waals surface area contributed by atoms with Gasteiger partial charge in [0.15, 0.2) is 0 Å². The zero-order chi connectivity index (χ0) is 13.1. The molecule has 0 radical (unpaired) electrons. The van der Waals surface area contributed by atoms with Gasteiger partial charge in [-0.05, 0) is 37.1 Å². The van der Waals surface area contributed by atoms with Crippen molar-refractivity contribution in [2.24, 2.45) is 0 Å². The average molecular weight is 277 g/mol. The highest BCUT2D eigenvalue weighted by molar-refractivity contribution is 6.31. The van der Waals surface area contributed by atoms with Crippen LogP contribution >= 0.6 is 11.6 Å². The normalized spacial score (nSPS) is 17.1. The molecule has 19 heavy (non-hydrogen) atoms. The van der Waals surface area contributed by atoms with E-state index in [9.17, 15) is 0 Å². The second-order valence-electron chi connectivity index (χ2n) is 5.50. The maximum Gasteiger partial charge on any atom is 0.0481 e. The van der Waals surface area contributed by atoms with Crippen LogP contribution in [0.2, 0.25) is 5.02 Å². The van der Waals surface area contributed by atoms with Gasteiger partial charge in [-0.2, -0.15) is 0 Å². The predicted molar refractivity (Wildman–Crippen MR) is 81.8 cm³/mol. The molecular formula is C16H21ClN2. The summed E-state index contributed by atoms with van der Waals surface area (Å²) in [6.45, 7) is 2.08. The van der Waals surface area contributed by atoms with E-state index in [1.807, 2.05) is 12.1 Å². The summed E-state index contributed by atoms with van der Waals surface area (Å²) in [7, 11) is 0. The van der Waals surface area contributed by atoms with Crippen LogP contribution in [0.25, 0.3) is 10.9 Å². The Hall–Kier alpha value is -0.990. The largest absolute Gasteiger partial charge is 0.346 e. The van der Waals surface area contributed by atoms with Gasteiger partial charge in [0.1, 0.15) is 0 Å². The molecule has 3 rings (SSSR count). The monoisotopic (exact) mass is 276 g/mol. The van der Waals surface area contributed by atoms with Gasteiger partial charge in [0.2, 0.25) is 0 Å². The topological polar surface area (TPSA) is 17.0 Å². The molecule has 3 heteroatoms. The zero-order valence-corrected chi connectivity index (χ0v) is 12.0. The molecule has 2 aromatic rings. The Balaban J connectivity index is 1.59. The summed E-state index contributed by atoms with van der Waals surface area (Å²) in [6, 6.07) is 8.99. The Morgan fingerprint density at radius 1 is 1.16 bits per heavy atom. The van der Waals surface area contributed by atoms with Gasteiger partial charge in [-0.15, -0.1) is 0 Å². The number of nitrogens with zero attached hydrogens (tertiary/aromatic N) is 1. The molecule has 2 nitrogen and oxygen atoms in total. The Morgan fingerprint density at radius 2 is 2.00 bits per heavy atom. The fourth-order valence-corrected chi connectivity index (χ4v) is 3.24. The summed E-state index contributed by atoms with van der Waals surface area (Å²) in [6.07, 6.45) is 9.06. The molecule has 1 aliphatic carbocycles. The molecule has 1 aliphatic rings. The van der Waals surface area contributed by atoms with Crippen LogP contribution in [0.5, 0.6) is 0 Å². The number of fused-ring (bicyclic) bond motifs is 1. The lowest BCUT2D eigenvalue weighted by atomic mass is 9.95. The van der Waals surface area contributed by atoms with Crippen molar-refractivity contribution in [3.63, 3.8) is 0 Å². The van der Waals surface area contributed by atoms with Crippen molar-refractivity contribution in [1.82, 2.24) is 9.88 Å². The summed E-state index contributed by atoms with van der Waals surface area (Å²) < 4.78 is 2.31. The minimum atomic E-state index is 0.741. The fraction of sp³-hybridized carbons (Fsp3) is 0.500. The van der Waals surface area contributed by atoms with Crippen LogP contribution in [0.3, 0.4) is 0 Å². The highest BCUT2D eigenvalue weighted by Crippen LogP contribution is 2.20. The summed E-state index contributed by atoms with van der Waals surface area (Å²) in [5.41, 5.74) is 1.27. The second-order valence-corrected chi connectivity index (χ2v) is 5.94. The van der Waals surface area contributed by atoms with E-state index in [-0.39, 0.29) is 0 Å². The van der Waals surface area contributed by atoms with Crippen molar-refractivity contribution >= 4 is 22.5 Å². The van der Waals surface area contributed by atoms with Crippen molar-refractivity contribution < 1.29 is 0 Å². The number of halogens is 1. The molecule has 1 aromatic heterocycles. The highest BCUT2D eigenvalue weighted by Gasteiger charge is 2.12. The van der Waals surface area contributed by atoms with Crippen LogP contribution in [-0.2, 0) is 6.54 Å². The third-order valence-corrected chi connectivity index (χ3v) is 4.36. The molecule has 1 heterocycles. The van der Waals surface area contributed by atoms with Crippen LogP contribution < -0.4 is 5.32 Å². The third-order valence-electron chi connectivity index (χ3n) is 4.12. The first-order chi connectivity index (χ1) is 9.33. The van der Waals surface area contributed by atoms with Crippen LogP contribution in [0.15, 0.2) is 30.5 Å². The first-order valence-corrected chi connectivity index (χ1v) is 7.68. The minimum absolute atomic E-state index is 0.741. The number of hydrogen-bond acceptors (Lipinski definition) is 1. The summed E-state index contributed by atoms with van der Waals surface area (Å²) >= 11 is 6.01. The van der Waals surface area contributed by atoms with E-state index in [0.29, 0.717) is 0 Å². The SMILES string of the molecule is Clc1ccc2c(ccn2CCNC2CCCCC2)c1. The van der Waals surface area contributed by atoms with Gasteiger partial charge in [0.05, 0.1) is 0 Å². The van der Waals surface area contributed by atoms with Gasteiger partial charge in [0, 0.05) is 41.3 Å². The molecule has 0 atom stereocenters. The van der Waals surface area contributed by atoms with Crippen LogP contribution in [0.4, 0.5) is 0 Å². The lowest BCUT2D eigenvalue weighted by Gasteiger charge is -2.23. The molecule has 0 bridgehead atoms. The number of nitrogens with one attached hydrogen (secondary N) is 1. The van der Waals surface area contributed by atoms with Gasteiger partial charge in [-0.25, -0.2) is 0 Å². The first kappa shape index (κ1) is 13.0. The van der Waals surface area contributed by atoms with Crippen molar-refractivity contribution in [3.8, 4) is 0 Å². The van der Waals surface area contributed by atoms with E-state index in [2.05, 4.69) is 28.2 Å². The number of hydrogen-bond donors (Lipinski definition) is 1. The molecular weight excluding hydrogens is 256 g/mol. The molecule has 1 N–H and O–H groups in total. The van der Waals surface area contributed by atoms with E-state index in [1.54, 1.807) is 0 Å². The Bertz CT molecular complexity index is 541. The Labute approximate surface area is 119 Å². The number of rotatable bonds is 4. The summed E-state index contributed by atoms with van der Waals surface area (Å²) in [5, 5.41) is 5.73. The Morgan fingerprint density at radius 3 is 2.84 bits per heavy atom. The molecule has 0 aliphatic heterocycles. The van der Waals surface area contributed by atoms with Crippen molar-refractivity contribution in [1.29, 1.82) is 0 Å². The van der Waals surface area contributed by atoms with E-state index in [0.717, 1.165) is 24.2 Å². The lowest BCUT2D eigenvalue weighted by molar-refractivity contribution is 0.369. The second kappa shape index (κ2) is 5.98. The van der Waals surface area contributed by atoms with Gasteiger partial charge < -0.3 is 9.88 Å². The first-order valence-electron chi connectivity index (χ1n) is 7.31. The van der Waals surface area contributed by atoms with Crippen molar-refractivity contribution in [3.05, 3.63) is 35.5 Å². The number of aromatic nitrogens is 1. The predicted octanol–water partition coefficient (Wildman–Crippen LogP) is 4.22. The molecule has 0 unspecified atom stereocenters. The minimum Gasteiger partial charge on any atom is -0.346 e. The molecule has 0 saturated heterocycles. The maximum atomic E-state index is 6.01. The molecule has 0 amide bonds. The lowest BCUT2D eigenvalue weighted by Crippen LogP contribution is -2.33. The standard InChI is InChI=1S/C16H21ClN2/c17-14-6-7-16-13(12-14)8-10-19(16)11-9-18-15-4-2-1-3-5-15/h6-8,10,12,15,18H,1-5,9,11H2. The highest BCUT2D eigenvalue weighted by atomic mass is 35.5. The van der Waals surface area contributed by atoms with Crippen LogP contribution in [-0.4, -0.2) is 17.2 Å². The third kappa shape index (κ3) is 3.13. The molecule has 1 fully saturated rings. The number of benzene rings is 1. The smallest absolute Gasteiger partial charge is 0.0481 e. The van der Waals surface area contributed by atoms with Gasteiger partial charge >= 0.3 is 0 Å². The molecule has 102 valence electrons. The molecule has 1 saturated carbocycles. The Kier molecular flexibility index (Phi) is 4.09. The van der Waals surface area contributed by atoms with E-state index in [4.69, 9.17) is 11.6 Å². The molecule has 1 aromatic carbocycles. The summed E-state index contributed by atoms with van der Waals surface area (Å²) in [4.78, 5) is 0. The average Bonchev–Trinajstić information content (AvgIpc) is 2.82.